The van der Waals surface area contributed by atoms with Crippen LogP contribution in [0.3, 0.4) is 0 Å². The van der Waals surface area contributed by atoms with Gasteiger partial charge in [0.25, 0.3) is 0 Å². The first-order valence-corrected chi connectivity index (χ1v) is 4.16. The third kappa shape index (κ3) is 1.95. The second-order valence-electron chi connectivity index (χ2n) is 2.74. The minimum absolute atomic E-state index is 0.0919. The third-order valence-corrected chi connectivity index (χ3v) is 1.79. The second-order valence-corrected chi connectivity index (χ2v) is 2.74. The zero-order valence-electron chi connectivity index (χ0n) is 7.42. The first kappa shape index (κ1) is 9.00. The van der Waals surface area contributed by atoms with Gasteiger partial charge in [0.2, 0.25) is 0 Å². The van der Waals surface area contributed by atoms with Gasteiger partial charge >= 0.3 is 0 Å². The van der Waals surface area contributed by atoms with Crippen molar-refractivity contribution in [3.05, 3.63) is 24.0 Å². The standard InChI is InChI=1S/C9H14N2O/c1-3-11-7(2)9(12)8-4-5-10-6-8/h4-7,10-11H,3H2,1-2H3. The highest BCUT2D eigenvalue weighted by Gasteiger charge is 2.13. The summed E-state index contributed by atoms with van der Waals surface area (Å²) < 4.78 is 0. The van der Waals surface area contributed by atoms with E-state index in [-0.39, 0.29) is 11.8 Å². The number of aromatic amines is 1. The molecule has 12 heavy (non-hydrogen) atoms. The van der Waals surface area contributed by atoms with E-state index in [4.69, 9.17) is 0 Å². The molecule has 2 N–H and O–H groups in total. The van der Waals surface area contributed by atoms with Crippen molar-refractivity contribution < 1.29 is 4.79 Å². The Hall–Kier alpha value is -1.09. The molecule has 0 radical (unpaired) electrons. The Kier molecular flexibility index (Phi) is 3.05. The molecule has 1 aromatic heterocycles. The third-order valence-electron chi connectivity index (χ3n) is 1.79. The molecule has 3 heteroatoms. The van der Waals surface area contributed by atoms with Crippen LogP contribution in [-0.2, 0) is 0 Å². The maximum absolute atomic E-state index is 11.5. The van der Waals surface area contributed by atoms with Crippen LogP contribution in [0.5, 0.6) is 0 Å². The summed E-state index contributed by atoms with van der Waals surface area (Å²) in [6, 6.07) is 1.70. The second kappa shape index (κ2) is 4.07. The number of rotatable bonds is 4. The molecule has 0 aliphatic carbocycles. The van der Waals surface area contributed by atoms with E-state index < -0.39 is 0 Å². The fraction of sp³-hybridized carbons (Fsp3) is 0.444. The molecule has 3 nitrogen and oxygen atoms in total. The van der Waals surface area contributed by atoms with Crippen LogP contribution < -0.4 is 5.32 Å². The highest BCUT2D eigenvalue weighted by molar-refractivity contribution is 5.99. The maximum atomic E-state index is 11.5. The quantitative estimate of drug-likeness (QED) is 0.660. The molecule has 0 fully saturated rings. The van der Waals surface area contributed by atoms with Crippen LogP contribution in [0, 0.1) is 0 Å². The van der Waals surface area contributed by atoms with Crippen molar-refractivity contribution in [3.8, 4) is 0 Å². The van der Waals surface area contributed by atoms with Crippen molar-refractivity contribution in [2.24, 2.45) is 0 Å². The molecule has 0 amide bonds. The van der Waals surface area contributed by atoms with Crippen LogP contribution >= 0.6 is 0 Å². The lowest BCUT2D eigenvalue weighted by Crippen LogP contribution is -2.33. The van der Waals surface area contributed by atoms with Gasteiger partial charge in [0.15, 0.2) is 5.78 Å². The van der Waals surface area contributed by atoms with Gasteiger partial charge in [0.1, 0.15) is 0 Å². The van der Waals surface area contributed by atoms with Gasteiger partial charge in [-0.15, -0.1) is 0 Å². The van der Waals surface area contributed by atoms with Crippen LogP contribution in [0.25, 0.3) is 0 Å². The zero-order chi connectivity index (χ0) is 8.97. The number of aromatic nitrogens is 1. The fourth-order valence-corrected chi connectivity index (χ4v) is 1.13. The summed E-state index contributed by atoms with van der Waals surface area (Å²) in [7, 11) is 0. The number of likely N-dealkylation sites (N-methyl/N-ethyl adjacent to an activating group) is 1. The van der Waals surface area contributed by atoms with Crippen molar-refractivity contribution in [1.29, 1.82) is 0 Å². The summed E-state index contributed by atoms with van der Waals surface area (Å²) in [6.45, 7) is 4.68. The molecule has 0 saturated heterocycles. The van der Waals surface area contributed by atoms with Gasteiger partial charge < -0.3 is 10.3 Å². The van der Waals surface area contributed by atoms with E-state index in [0.29, 0.717) is 0 Å². The molecule has 66 valence electrons. The molecule has 1 unspecified atom stereocenters. The van der Waals surface area contributed by atoms with Crippen LogP contribution in [0.15, 0.2) is 18.5 Å². The molecule has 1 atom stereocenters. The van der Waals surface area contributed by atoms with E-state index in [1.165, 1.54) is 0 Å². The van der Waals surface area contributed by atoms with Crippen molar-refractivity contribution in [1.82, 2.24) is 10.3 Å². The number of ketones is 1. The molecule has 0 spiro atoms. The molecular formula is C9H14N2O. The molecular weight excluding hydrogens is 152 g/mol. The number of Topliss-reactive ketones (excluding diaryl/α,β-unsaturated/α-hetero) is 1. The van der Waals surface area contributed by atoms with Crippen LogP contribution in [0.4, 0.5) is 0 Å². The van der Waals surface area contributed by atoms with Gasteiger partial charge in [-0.25, -0.2) is 0 Å². The number of nitrogens with one attached hydrogen (secondary N) is 2. The largest absolute Gasteiger partial charge is 0.367 e. The molecule has 0 aliphatic heterocycles. The summed E-state index contributed by atoms with van der Waals surface area (Å²) in [4.78, 5) is 14.4. The molecule has 0 bridgehead atoms. The average Bonchev–Trinajstić information content (AvgIpc) is 2.55. The van der Waals surface area contributed by atoms with E-state index in [1.54, 1.807) is 18.5 Å². The number of H-pyrrole nitrogens is 1. The van der Waals surface area contributed by atoms with E-state index in [9.17, 15) is 4.79 Å². The average molecular weight is 166 g/mol. The van der Waals surface area contributed by atoms with Crippen LogP contribution in [-0.4, -0.2) is 23.4 Å². The Labute approximate surface area is 72.2 Å². The lowest BCUT2D eigenvalue weighted by atomic mass is 10.1. The predicted molar refractivity (Wildman–Crippen MR) is 48.3 cm³/mol. The molecule has 0 saturated carbocycles. The van der Waals surface area contributed by atoms with Gasteiger partial charge in [-0.1, -0.05) is 6.92 Å². The van der Waals surface area contributed by atoms with Crippen LogP contribution in [0.1, 0.15) is 24.2 Å². The van der Waals surface area contributed by atoms with Gasteiger partial charge in [-0.3, -0.25) is 4.79 Å². The molecule has 1 rings (SSSR count). The molecule has 1 heterocycles. The lowest BCUT2D eigenvalue weighted by Gasteiger charge is -2.08. The van der Waals surface area contributed by atoms with Crippen molar-refractivity contribution in [3.63, 3.8) is 0 Å². The minimum atomic E-state index is -0.0919. The van der Waals surface area contributed by atoms with E-state index in [1.807, 2.05) is 13.8 Å². The summed E-state index contributed by atoms with van der Waals surface area (Å²) in [5.41, 5.74) is 0.739. The zero-order valence-corrected chi connectivity index (χ0v) is 7.42. The summed E-state index contributed by atoms with van der Waals surface area (Å²) in [6.07, 6.45) is 3.47. The SMILES string of the molecule is CCNC(C)C(=O)c1cc[nH]c1. The monoisotopic (exact) mass is 166 g/mol. The maximum Gasteiger partial charge on any atom is 0.180 e. The van der Waals surface area contributed by atoms with E-state index in [0.717, 1.165) is 12.1 Å². The fourth-order valence-electron chi connectivity index (χ4n) is 1.13. The van der Waals surface area contributed by atoms with Gasteiger partial charge in [-0.2, -0.15) is 0 Å². The summed E-state index contributed by atoms with van der Waals surface area (Å²) in [5, 5.41) is 3.07. The Morgan fingerprint density at radius 2 is 2.50 bits per heavy atom. The van der Waals surface area contributed by atoms with Crippen molar-refractivity contribution in [2.45, 2.75) is 19.9 Å². The highest BCUT2D eigenvalue weighted by Crippen LogP contribution is 2.01. The first-order valence-electron chi connectivity index (χ1n) is 4.16. The normalized spacial score (nSPS) is 12.8. The highest BCUT2D eigenvalue weighted by atomic mass is 16.1. The van der Waals surface area contributed by atoms with Crippen LogP contribution in [0.2, 0.25) is 0 Å². The molecule has 0 aliphatic rings. The van der Waals surface area contributed by atoms with Gasteiger partial charge in [0.05, 0.1) is 6.04 Å². The van der Waals surface area contributed by atoms with E-state index >= 15 is 0 Å². The Morgan fingerprint density at radius 3 is 3.00 bits per heavy atom. The summed E-state index contributed by atoms with van der Waals surface area (Å²) in [5.74, 6) is 0.137. The van der Waals surface area contributed by atoms with E-state index in [2.05, 4.69) is 10.3 Å². The predicted octanol–water partition coefficient (Wildman–Crippen LogP) is 1.20. The van der Waals surface area contributed by atoms with Crippen molar-refractivity contribution in [2.75, 3.05) is 6.54 Å². The molecule has 0 aromatic carbocycles. The lowest BCUT2D eigenvalue weighted by molar-refractivity contribution is 0.0952. The minimum Gasteiger partial charge on any atom is -0.367 e. The number of hydrogen-bond acceptors (Lipinski definition) is 2. The van der Waals surface area contributed by atoms with Crippen molar-refractivity contribution >= 4 is 5.78 Å². The first-order chi connectivity index (χ1) is 5.75. The molecule has 1 aromatic rings. The van der Waals surface area contributed by atoms with Gasteiger partial charge in [0, 0.05) is 18.0 Å². The Bertz CT molecular complexity index is 241. The number of carbonyl (C=O) groups is 1. The number of hydrogen-bond donors (Lipinski definition) is 2. The topological polar surface area (TPSA) is 44.9 Å². The van der Waals surface area contributed by atoms with Gasteiger partial charge in [-0.05, 0) is 19.5 Å². The Morgan fingerprint density at radius 1 is 1.75 bits per heavy atom. The summed E-state index contributed by atoms with van der Waals surface area (Å²) >= 11 is 0. The smallest absolute Gasteiger partial charge is 0.180 e. The number of carbonyl (C=O) groups excluding carboxylic acids is 1. The Balaban J connectivity index is 2.59.